The zero-order valence-electron chi connectivity index (χ0n) is 21.5. The second-order valence-corrected chi connectivity index (χ2v) is 10.5. The summed E-state index contributed by atoms with van der Waals surface area (Å²) in [4.78, 5) is 37.9. The average molecular weight is 603 g/mol. The van der Waals surface area contributed by atoms with E-state index < -0.39 is 34.6 Å². The maximum Gasteiger partial charge on any atom is 0.343 e. The lowest BCUT2D eigenvalue weighted by Crippen LogP contribution is -2.35. The number of hydrogen-bond donors (Lipinski definition) is 6. The maximum atomic E-state index is 12.9. The van der Waals surface area contributed by atoms with Gasteiger partial charge in [0.05, 0.1) is 11.3 Å². The van der Waals surface area contributed by atoms with E-state index in [1.54, 1.807) is 30.3 Å². The van der Waals surface area contributed by atoms with Crippen molar-refractivity contribution in [1.82, 2.24) is 4.90 Å². The summed E-state index contributed by atoms with van der Waals surface area (Å²) in [5.74, 6) is -2.37. The standard InChI is InChI=1S/C26H27ClN6O7S/c27-22-13-21(40-25(37)18-4-8-19(9-5-18)31-26(28)29)10-6-17(22)7-11-23(34)33(15-24(35)36)14-16-2-1-3-20(12-16)32-41(30,38)39/h1-6,8-10,12-13,32H,7,11,14-15H2,(H,35,36)(H4,28,29,31)(H2,30,38,39). The minimum Gasteiger partial charge on any atom is -0.480 e. The van der Waals surface area contributed by atoms with Gasteiger partial charge in [-0.15, -0.1) is 0 Å². The maximum absolute atomic E-state index is 12.9. The third-order valence-electron chi connectivity index (χ3n) is 5.48. The summed E-state index contributed by atoms with van der Waals surface area (Å²) in [6.45, 7) is -0.653. The van der Waals surface area contributed by atoms with Gasteiger partial charge in [0.25, 0.3) is 10.2 Å². The van der Waals surface area contributed by atoms with E-state index in [-0.39, 0.29) is 47.4 Å². The molecule has 3 aromatic rings. The van der Waals surface area contributed by atoms with Gasteiger partial charge in [-0.2, -0.15) is 8.42 Å². The summed E-state index contributed by atoms with van der Waals surface area (Å²) in [6, 6.07) is 16.8. The molecule has 0 unspecified atom stereocenters. The normalized spacial score (nSPS) is 10.9. The number of ether oxygens (including phenoxy) is 1. The lowest BCUT2D eigenvalue weighted by atomic mass is 10.1. The highest BCUT2D eigenvalue weighted by Gasteiger charge is 2.19. The number of carbonyl (C=O) groups is 3. The Bertz CT molecular complexity index is 1560. The molecular formula is C26H27ClN6O7S. The minimum absolute atomic E-state index is 0.0676. The number of nitrogens with one attached hydrogen (secondary N) is 3. The monoisotopic (exact) mass is 602 g/mol. The van der Waals surface area contributed by atoms with Crippen LogP contribution in [0.4, 0.5) is 11.4 Å². The van der Waals surface area contributed by atoms with E-state index >= 15 is 0 Å². The van der Waals surface area contributed by atoms with Crippen LogP contribution in [0.1, 0.15) is 27.9 Å². The number of nitrogens with zero attached hydrogens (tertiary/aromatic N) is 1. The molecule has 41 heavy (non-hydrogen) atoms. The topological polar surface area (TPSA) is 218 Å². The molecule has 216 valence electrons. The van der Waals surface area contributed by atoms with Crippen molar-refractivity contribution in [3.05, 3.63) is 88.4 Å². The van der Waals surface area contributed by atoms with Gasteiger partial charge in [-0.1, -0.05) is 29.8 Å². The first kappa shape index (κ1) is 30.9. The molecule has 3 aromatic carbocycles. The van der Waals surface area contributed by atoms with Gasteiger partial charge in [-0.25, -0.2) is 9.93 Å². The number of amides is 1. The van der Waals surface area contributed by atoms with E-state index in [9.17, 15) is 27.9 Å². The van der Waals surface area contributed by atoms with Crippen LogP contribution in [0.15, 0.2) is 66.7 Å². The van der Waals surface area contributed by atoms with Crippen LogP contribution in [0.5, 0.6) is 5.75 Å². The predicted octanol–water partition coefficient (Wildman–Crippen LogP) is 2.53. The van der Waals surface area contributed by atoms with Crippen LogP contribution in [0.3, 0.4) is 0 Å². The van der Waals surface area contributed by atoms with Crippen molar-refractivity contribution in [3.8, 4) is 5.75 Å². The smallest absolute Gasteiger partial charge is 0.343 e. The van der Waals surface area contributed by atoms with Gasteiger partial charge >= 0.3 is 11.9 Å². The van der Waals surface area contributed by atoms with E-state index in [0.29, 0.717) is 16.8 Å². The van der Waals surface area contributed by atoms with Crippen LogP contribution in [0, 0.1) is 5.41 Å². The van der Waals surface area contributed by atoms with Crippen LogP contribution < -0.4 is 25.6 Å². The molecule has 0 fully saturated rings. The third kappa shape index (κ3) is 10.1. The third-order valence-corrected chi connectivity index (χ3v) is 6.35. The highest BCUT2D eigenvalue weighted by Crippen LogP contribution is 2.25. The highest BCUT2D eigenvalue weighted by molar-refractivity contribution is 7.90. The Morgan fingerprint density at radius 1 is 1.02 bits per heavy atom. The second-order valence-electron chi connectivity index (χ2n) is 8.75. The number of nitrogens with two attached hydrogens (primary N) is 2. The fourth-order valence-corrected chi connectivity index (χ4v) is 4.44. The molecule has 0 saturated carbocycles. The number of carboxylic acids is 1. The summed E-state index contributed by atoms with van der Waals surface area (Å²) < 4.78 is 30.1. The van der Waals surface area contributed by atoms with Crippen molar-refractivity contribution >= 4 is 57.0 Å². The van der Waals surface area contributed by atoms with Gasteiger partial charge in [0.15, 0.2) is 5.96 Å². The van der Waals surface area contributed by atoms with Crippen molar-refractivity contribution in [3.63, 3.8) is 0 Å². The van der Waals surface area contributed by atoms with Crippen LogP contribution >= 0.6 is 11.6 Å². The first-order valence-corrected chi connectivity index (χ1v) is 13.8. The molecule has 0 spiro atoms. The molecule has 0 aliphatic heterocycles. The highest BCUT2D eigenvalue weighted by atomic mass is 35.5. The summed E-state index contributed by atoms with van der Waals surface area (Å²) in [5.41, 5.74) is 7.30. The van der Waals surface area contributed by atoms with Gasteiger partial charge in [0.1, 0.15) is 12.3 Å². The number of carbonyl (C=O) groups excluding carboxylic acids is 2. The van der Waals surface area contributed by atoms with Gasteiger partial charge in [-0.05, 0) is 66.1 Å². The number of benzene rings is 3. The number of halogens is 1. The van der Waals surface area contributed by atoms with Gasteiger partial charge in [0.2, 0.25) is 5.91 Å². The molecule has 0 radical (unpaired) electrons. The number of guanidine groups is 1. The number of hydrogen-bond acceptors (Lipinski definition) is 7. The van der Waals surface area contributed by atoms with Crippen molar-refractivity contribution in [2.75, 3.05) is 16.6 Å². The lowest BCUT2D eigenvalue weighted by Gasteiger charge is -2.21. The molecule has 0 atom stereocenters. The van der Waals surface area contributed by atoms with Crippen LogP contribution in [-0.2, 0) is 32.8 Å². The van der Waals surface area contributed by atoms with E-state index in [2.05, 4.69) is 10.0 Å². The molecular weight excluding hydrogens is 576 g/mol. The molecule has 8 N–H and O–H groups in total. The van der Waals surface area contributed by atoms with Crippen LogP contribution in [0.2, 0.25) is 5.02 Å². The summed E-state index contributed by atoms with van der Waals surface area (Å²) >= 11 is 6.36. The van der Waals surface area contributed by atoms with Gasteiger partial charge in [-0.3, -0.25) is 19.7 Å². The summed E-state index contributed by atoms with van der Waals surface area (Å²) in [5, 5.41) is 24.4. The van der Waals surface area contributed by atoms with Gasteiger partial charge < -0.3 is 25.8 Å². The fraction of sp³-hybridized carbons (Fsp3) is 0.154. The fourth-order valence-electron chi connectivity index (χ4n) is 3.72. The Morgan fingerprint density at radius 2 is 1.73 bits per heavy atom. The first-order valence-electron chi connectivity index (χ1n) is 11.9. The number of rotatable bonds is 12. The minimum atomic E-state index is -4.01. The average Bonchev–Trinajstić information content (AvgIpc) is 2.86. The van der Waals surface area contributed by atoms with E-state index in [4.69, 9.17) is 32.6 Å². The Kier molecular flexibility index (Phi) is 10.2. The van der Waals surface area contributed by atoms with Crippen molar-refractivity contribution in [2.45, 2.75) is 19.4 Å². The van der Waals surface area contributed by atoms with Crippen molar-refractivity contribution < 1.29 is 32.6 Å². The Balaban J connectivity index is 1.62. The van der Waals surface area contributed by atoms with Crippen molar-refractivity contribution in [1.29, 1.82) is 5.41 Å². The molecule has 3 rings (SSSR count). The number of aliphatic carboxylic acids is 1. The quantitative estimate of drug-likeness (QED) is 0.0775. The first-order chi connectivity index (χ1) is 19.3. The molecule has 0 aliphatic carbocycles. The number of anilines is 2. The molecule has 0 aromatic heterocycles. The Labute approximate surface area is 240 Å². The number of carboxylic acid groups (broad SMARTS) is 1. The van der Waals surface area contributed by atoms with E-state index in [0.717, 1.165) is 4.90 Å². The Morgan fingerprint density at radius 3 is 2.34 bits per heavy atom. The van der Waals surface area contributed by atoms with Crippen LogP contribution in [-0.4, -0.2) is 48.8 Å². The molecule has 0 bridgehead atoms. The molecule has 0 heterocycles. The number of aryl methyl sites for hydroxylation is 1. The second kappa shape index (κ2) is 13.6. The Hall–Kier alpha value is -4.66. The molecule has 1 amide bonds. The molecule has 0 saturated heterocycles. The van der Waals surface area contributed by atoms with E-state index in [1.165, 1.54) is 36.4 Å². The van der Waals surface area contributed by atoms with E-state index in [1.807, 2.05) is 0 Å². The predicted molar refractivity (Wildman–Crippen MR) is 153 cm³/mol. The number of esters is 1. The summed E-state index contributed by atoms with van der Waals surface area (Å²) in [7, 11) is -4.01. The molecule has 13 nitrogen and oxygen atoms in total. The molecule has 0 aliphatic rings. The largest absolute Gasteiger partial charge is 0.480 e. The van der Waals surface area contributed by atoms with Gasteiger partial charge in [0, 0.05) is 23.7 Å². The summed E-state index contributed by atoms with van der Waals surface area (Å²) in [6.07, 6.45) is 0.113. The lowest BCUT2D eigenvalue weighted by molar-refractivity contribution is -0.144. The zero-order chi connectivity index (χ0) is 30.2. The van der Waals surface area contributed by atoms with Crippen LogP contribution in [0.25, 0.3) is 0 Å². The SMILES string of the molecule is N=C(N)Nc1ccc(C(=O)Oc2ccc(CCC(=O)N(CC(=O)O)Cc3cccc(NS(N)(=O)=O)c3)c(Cl)c2)cc1. The molecule has 15 heteroatoms. The zero-order valence-corrected chi connectivity index (χ0v) is 23.0. The van der Waals surface area contributed by atoms with Crippen molar-refractivity contribution in [2.24, 2.45) is 10.9 Å².